The minimum atomic E-state index is -2.36. The van der Waals surface area contributed by atoms with Crippen molar-refractivity contribution >= 4 is 11.4 Å². The minimum absolute atomic E-state index is 1.18. The van der Waals surface area contributed by atoms with Gasteiger partial charge in [-0.15, -0.1) is 0 Å². The van der Waals surface area contributed by atoms with Crippen molar-refractivity contribution in [1.29, 1.82) is 5.26 Å². The van der Waals surface area contributed by atoms with Gasteiger partial charge in [-0.2, -0.15) is 9.47 Å². The fourth-order valence-electron chi connectivity index (χ4n) is 0.197. The van der Waals surface area contributed by atoms with E-state index in [1.54, 1.807) is 6.07 Å². The van der Waals surface area contributed by atoms with Gasteiger partial charge in [0.15, 0.2) is 5.60 Å². The molecule has 0 aromatic heterocycles. The van der Waals surface area contributed by atoms with Crippen LogP contribution in [0.1, 0.15) is 13.8 Å². The van der Waals surface area contributed by atoms with Crippen LogP contribution in [0.25, 0.3) is 0 Å². The molecule has 0 aliphatic rings. The lowest BCUT2D eigenvalue weighted by atomic mass is 10.2. The van der Waals surface area contributed by atoms with Crippen LogP contribution in [0.4, 0.5) is 0 Å². The highest BCUT2D eigenvalue weighted by molar-refractivity contribution is 7.74. The van der Waals surface area contributed by atoms with E-state index >= 15 is 0 Å². The summed E-state index contributed by atoms with van der Waals surface area (Å²) < 4.78 is 22.3. The van der Waals surface area contributed by atoms with Gasteiger partial charge in [0, 0.05) is 0 Å². The molecule has 9 heavy (non-hydrogen) atoms. The van der Waals surface area contributed by atoms with Crippen LogP contribution in [0, 0.1) is 11.3 Å². The Morgan fingerprint density at radius 1 is 1.78 bits per heavy atom. The summed E-state index contributed by atoms with van der Waals surface area (Å²) in [5.41, 5.74) is -1.18. The Morgan fingerprint density at radius 2 is 2.22 bits per heavy atom. The summed E-state index contributed by atoms with van der Waals surface area (Å²) in [5, 5.41) is 8.22. The zero-order valence-corrected chi connectivity index (χ0v) is 5.94. The van der Waals surface area contributed by atoms with Gasteiger partial charge in [0.2, 0.25) is 0 Å². The Labute approximate surface area is 55.9 Å². The SMILES string of the molecule is CC(C)(C#N)OS(=O)O. The standard InChI is InChI=1S/C4H7NO3S/c1-4(2,3-5)8-9(6)7/h1-2H3,(H,6,7). The molecular weight excluding hydrogens is 142 g/mol. The number of hydrogen-bond acceptors (Lipinski definition) is 3. The van der Waals surface area contributed by atoms with Crippen LogP contribution in [0.15, 0.2) is 0 Å². The maximum atomic E-state index is 9.91. The second-order valence-corrected chi connectivity index (χ2v) is 2.52. The van der Waals surface area contributed by atoms with Gasteiger partial charge in [-0.3, -0.25) is 4.55 Å². The normalized spacial score (nSPS) is 14.4. The van der Waals surface area contributed by atoms with Crippen LogP contribution in [-0.4, -0.2) is 14.4 Å². The molecule has 1 atom stereocenters. The highest BCUT2D eigenvalue weighted by atomic mass is 32.2. The number of nitriles is 1. The first-order valence-corrected chi connectivity index (χ1v) is 3.23. The zero-order chi connectivity index (χ0) is 7.49. The third-order valence-corrected chi connectivity index (χ3v) is 1.11. The van der Waals surface area contributed by atoms with Crippen LogP contribution in [0.2, 0.25) is 0 Å². The first kappa shape index (κ1) is 8.56. The molecule has 4 nitrogen and oxygen atoms in total. The Balaban J connectivity index is 3.91. The average Bonchev–Trinajstić information content (AvgIpc) is 1.63. The van der Waals surface area contributed by atoms with Crippen LogP contribution in [0.3, 0.4) is 0 Å². The molecule has 0 fully saturated rings. The van der Waals surface area contributed by atoms with E-state index in [1.165, 1.54) is 13.8 Å². The smallest absolute Gasteiger partial charge is 0.284 e. The molecule has 0 saturated heterocycles. The zero-order valence-electron chi connectivity index (χ0n) is 5.12. The quantitative estimate of drug-likeness (QED) is 0.578. The summed E-state index contributed by atoms with van der Waals surface area (Å²) in [4.78, 5) is 0. The Hall–Kier alpha value is -0.440. The maximum absolute atomic E-state index is 9.91. The van der Waals surface area contributed by atoms with E-state index in [-0.39, 0.29) is 0 Å². The van der Waals surface area contributed by atoms with Crippen molar-refractivity contribution in [1.82, 2.24) is 0 Å². The monoisotopic (exact) mass is 149 g/mol. The first-order chi connectivity index (χ1) is 3.98. The Bertz CT molecular complexity index is 160. The van der Waals surface area contributed by atoms with Crippen molar-refractivity contribution in [3.8, 4) is 6.07 Å². The van der Waals surface area contributed by atoms with Crippen LogP contribution in [0.5, 0.6) is 0 Å². The van der Waals surface area contributed by atoms with Crippen LogP contribution in [-0.2, 0) is 15.5 Å². The Morgan fingerprint density at radius 3 is 2.33 bits per heavy atom. The molecule has 0 aromatic carbocycles. The van der Waals surface area contributed by atoms with Gasteiger partial charge in [-0.05, 0) is 13.8 Å². The topological polar surface area (TPSA) is 70.3 Å². The van der Waals surface area contributed by atoms with Gasteiger partial charge in [0.05, 0.1) is 6.07 Å². The van der Waals surface area contributed by atoms with Crippen molar-refractivity contribution in [2.24, 2.45) is 0 Å². The van der Waals surface area contributed by atoms with Crippen LogP contribution < -0.4 is 0 Å². The van der Waals surface area contributed by atoms with E-state index in [4.69, 9.17) is 9.81 Å². The van der Waals surface area contributed by atoms with E-state index in [0.29, 0.717) is 0 Å². The summed E-state index contributed by atoms with van der Waals surface area (Å²) >= 11 is -2.36. The second kappa shape index (κ2) is 2.92. The van der Waals surface area contributed by atoms with Crippen LogP contribution >= 0.6 is 0 Å². The van der Waals surface area contributed by atoms with Gasteiger partial charge < -0.3 is 0 Å². The van der Waals surface area contributed by atoms with Crippen molar-refractivity contribution in [2.75, 3.05) is 0 Å². The molecule has 0 heterocycles. The lowest BCUT2D eigenvalue weighted by Crippen LogP contribution is -2.22. The third-order valence-electron chi connectivity index (χ3n) is 0.549. The summed E-state index contributed by atoms with van der Waals surface area (Å²) in [6, 6.07) is 1.70. The molecule has 0 aliphatic carbocycles. The first-order valence-electron chi connectivity index (χ1n) is 2.19. The highest BCUT2D eigenvalue weighted by Gasteiger charge is 2.19. The van der Waals surface area contributed by atoms with E-state index in [2.05, 4.69) is 4.18 Å². The van der Waals surface area contributed by atoms with Gasteiger partial charge >= 0.3 is 11.4 Å². The lowest BCUT2D eigenvalue weighted by Gasteiger charge is -2.10. The summed E-state index contributed by atoms with van der Waals surface area (Å²) in [6.07, 6.45) is 0. The van der Waals surface area contributed by atoms with E-state index in [9.17, 15) is 4.21 Å². The molecule has 1 unspecified atom stereocenters. The van der Waals surface area contributed by atoms with Crippen molar-refractivity contribution < 1.29 is 12.9 Å². The summed E-state index contributed by atoms with van der Waals surface area (Å²) in [5.74, 6) is 0. The third kappa shape index (κ3) is 4.09. The number of rotatable bonds is 2. The predicted molar refractivity (Wildman–Crippen MR) is 31.5 cm³/mol. The van der Waals surface area contributed by atoms with Gasteiger partial charge in [0.25, 0.3) is 0 Å². The van der Waals surface area contributed by atoms with Crippen molar-refractivity contribution in [2.45, 2.75) is 19.4 Å². The molecular formula is C4H7NO3S. The molecule has 52 valence electrons. The molecule has 0 saturated carbocycles. The predicted octanol–water partition coefficient (Wildman–Crippen LogP) is 0.442. The van der Waals surface area contributed by atoms with Crippen molar-refractivity contribution in [3.05, 3.63) is 0 Å². The molecule has 0 radical (unpaired) electrons. The Kier molecular flexibility index (Phi) is 2.77. The van der Waals surface area contributed by atoms with Crippen molar-refractivity contribution in [3.63, 3.8) is 0 Å². The molecule has 0 aliphatic heterocycles. The molecule has 0 spiro atoms. The largest absolute Gasteiger partial charge is 0.303 e. The van der Waals surface area contributed by atoms with Gasteiger partial charge in [0.1, 0.15) is 0 Å². The fraction of sp³-hybridized carbons (Fsp3) is 0.750. The minimum Gasteiger partial charge on any atom is -0.284 e. The molecule has 0 rings (SSSR count). The summed E-state index contributed by atoms with van der Waals surface area (Å²) in [7, 11) is 0. The molecule has 0 aromatic rings. The average molecular weight is 149 g/mol. The maximum Gasteiger partial charge on any atom is 0.303 e. The highest BCUT2D eigenvalue weighted by Crippen LogP contribution is 2.07. The molecule has 1 N–H and O–H groups in total. The van der Waals surface area contributed by atoms with E-state index in [0.717, 1.165) is 0 Å². The number of hydrogen-bond donors (Lipinski definition) is 1. The fourth-order valence-corrected chi connectivity index (χ4v) is 0.591. The molecule has 5 heteroatoms. The molecule has 0 amide bonds. The summed E-state index contributed by atoms with van der Waals surface area (Å²) in [6.45, 7) is 2.81. The second-order valence-electron chi connectivity index (χ2n) is 1.92. The van der Waals surface area contributed by atoms with Gasteiger partial charge in [-0.25, -0.2) is 4.18 Å². The van der Waals surface area contributed by atoms with E-state index in [1.807, 2.05) is 0 Å². The van der Waals surface area contributed by atoms with E-state index < -0.39 is 17.0 Å². The molecule has 0 bridgehead atoms. The lowest BCUT2D eigenvalue weighted by molar-refractivity contribution is 0.173. The van der Waals surface area contributed by atoms with Gasteiger partial charge in [-0.1, -0.05) is 0 Å². The number of nitrogens with zero attached hydrogens (tertiary/aromatic N) is 1.